The molecule has 0 aliphatic carbocycles. The second-order valence-electron chi connectivity index (χ2n) is 8.00. The number of para-hydroxylation sites is 1. The van der Waals surface area contributed by atoms with E-state index in [9.17, 15) is 19.7 Å². The van der Waals surface area contributed by atoms with Gasteiger partial charge in [-0.25, -0.2) is 4.98 Å². The van der Waals surface area contributed by atoms with E-state index in [2.05, 4.69) is 10.1 Å². The molecule has 0 spiro atoms. The minimum absolute atomic E-state index is 0.0975. The Morgan fingerprint density at radius 2 is 1.95 bits per heavy atom. The highest BCUT2D eigenvalue weighted by molar-refractivity contribution is 6.32. The lowest BCUT2D eigenvalue weighted by Crippen LogP contribution is -2.20. The second kappa shape index (κ2) is 9.79. The number of esters is 1. The smallest absolute Gasteiger partial charge is 0.313 e. The Kier molecular flexibility index (Phi) is 6.35. The van der Waals surface area contributed by atoms with Gasteiger partial charge >= 0.3 is 11.7 Å². The lowest BCUT2D eigenvalue weighted by atomic mass is 10.2. The summed E-state index contributed by atoms with van der Waals surface area (Å²) in [4.78, 5) is 40.3. The van der Waals surface area contributed by atoms with Crippen LogP contribution in [0.3, 0.4) is 0 Å². The molecule has 11 nitrogen and oxygen atoms in total. The number of aromatic nitrogens is 2. The Morgan fingerprint density at radius 1 is 1.16 bits per heavy atom. The average molecular weight is 533 g/mol. The molecule has 12 heteroatoms. The fraction of sp³-hybridized carbons (Fsp3) is 0.0769. The summed E-state index contributed by atoms with van der Waals surface area (Å²) in [6.07, 6.45) is 1.21. The molecule has 5 aromatic rings. The minimum Gasteiger partial charge on any atom is -0.496 e. The first-order valence-corrected chi connectivity index (χ1v) is 11.4. The molecule has 0 amide bonds. The predicted octanol–water partition coefficient (Wildman–Crippen LogP) is 5.19. The Labute approximate surface area is 218 Å². The number of nitrogens with zero attached hydrogens (tertiary/aromatic N) is 4. The van der Waals surface area contributed by atoms with Crippen molar-refractivity contribution in [3.05, 3.63) is 91.7 Å². The zero-order valence-electron chi connectivity index (χ0n) is 19.9. The van der Waals surface area contributed by atoms with Crippen molar-refractivity contribution in [2.75, 3.05) is 7.11 Å². The number of carbonyl (C=O) groups excluding carboxylic acids is 1. The van der Waals surface area contributed by atoms with Crippen molar-refractivity contribution < 1.29 is 23.6 Å². The van der Waals surface area contributed by atoms with E-state index in [1.165, 1.54) is 19.4 Å². The number of ether oxygens (including phenoxy) is 2. The molecule has 0 saturated carbocycles. The quantitative estimate of drug-likeness (QED) is 0.0957. The SMILES string of the molecule is COc1cccc2oc(-c3nc4ccccc4c(=O)n3N=Cc3cc(Cl)c(OC(C)=O)c([N+](=O)[O-])c3)cc12. The number of benzene rings is 3. The highest BCUT2D eigenvalue weighted by atomic mass is 35.5. The standard InChI is InChI=1S/C26H17ClN4O7/c1-14(32)37-24-18(27)10-15(11-20(24)31(34)35)13-28-30-25(29-19-7-4-3-6-16(19)26(30)33)23-12-17-21(36-2)8-5-9-22(17)38-23/h3-13H,1-2H3. The molecular weight excluding hydrogens is 516 g/mol. The predicted molar refractivity (Wildman–Crippen MR) is 140 cm³/mol. The number of rotatable bonds is 6. The molecule has 190 valence electrons. The van der Waals surface area contributed by atoms with Crippen LogP contribution in [-0.4, -0.2) is 33.9 Å². The third-order valence-electron chi connectivity index (χ3n) is 5.53. The number of hydrogen-bond acceptors (Lipinski definition) is 9. The minimum atomic E-state index is -0.766. The van der Waals surface area contributed by atoms with Gasteiger partial charge in [-0.15, -0.1) is 0 Å². The van der Waals surface area contributed by atoms with Crippen molar-refractivity contribution in [3.63, 3.8) is 0 Å². The van der Waals surface area contributed by atoms with E-state index in [0.29, 0.717) is 27.6 Å². The van der Waals surface area contributed by atoms with Crippen LogP contribution in [0.2, 0.25) is 5.02 Å². The van der Waals surface area contributed by atoms with Gasteiger partial charge in [0.25, 0.3) is 5.56 Å². The first kappa shape index (κ1) is 24.7. The Morgan fingerprint density at radius 3 is 2.68 bits per heavy atom. The van der Waals surface area contributed by atoms with E-state index >= 15 is 0 Å². The number of fused-ring (bicyclic) bond motifs is 2. The normalized spacial score (nSPS) is 11.3. The van der Waals surface area contributed by atoms with Gasteiger partial charge < -0.3 is 13.9 Å². The first-order valence-electron chi connectivity index (χ1n) is 11.1. The van der Waals surface area contributed by atoms with Gasteiger partial charge in [-0.05, 0) is 36.4 Å². The lowest BCUT2D eigenvalue weighted by Gasteiger charge is -2.08. The topological polar surface area (TPSA) is 139 Å². The molecule has 0 N–H and O–H groups in total. The summed E-state index contributed by atoms with van der Waals surface area (Å²) in [5.74, 6) is -0.232. The number of carbonyl (C=O) groups is 1. The maximum atomic E-state index is 13.5. The molecule has 3 aromatic carbocycles. The average Bonchev–Trinajstić information content (AvgIpc) is 3.33. The fourth-order valence-corrected chi connectivity index (χ4v) is 4.15. The van der Waals surface area contributed by atoms with Crippen molar-refractivity contribution in [1.82, 2.24) is 9.66 Å². The molecule has 0 unspecified atom stereocenters. The highest BCUT2D eigenvalue weighted by Gasteiger charge is 2.22. The summed E-state index contributed by atoms with van der Waals surface area (Å²) in [5, 5.41) is 16.7. The molecule has 0 aliphatic rings. The number of furan rings is 1. The third kappa shape index (κ3) is 4.46. The molecule has 2 heterocycles. The molecule has 0 radical (unpaired) electrons. The van der Waals surface area contributed by atoms with Gasteiger partial charge in [0, 0.05) is 18.6 Å². The second-order valence-corrected chi connectivity index (χ2v) is 8.41. The van der Waals surface area contributed by atoms with Gasteiger partial charge in [-0.3, -0.25) is 19.7 Å². The van der Waals surface area contributed by atoms with Crippen LogP contribution in [0, 0.1) is 10.1 Å². The molecule has 0 atom stereocenters. The number of halogens is 1. The summed E-state index contributed by atoms with van der Waals surface area (Å²) in [6, 6.07) is 16.2. The first-order chi connectivity index (χ1) is 18.3. The molecular formula is C26H17ClN4O7. The number of hydrogen-bond donors (Lipinski definition) is 0. The van der Waals surface area contributed by atoms with Gasteiger partial charge in [-0.2, -0.15) is 9.78 Å². The van der Waals surface area contributed by atoms with E-state index in [1.54, 1.807) is 48.5 Å². The van der Waals surface area contributed by atoms with E-state index in [4.69, 9.17) is 25.5 Å². The Bertz CT molecular complexity index is 1840. The van der Waals surface area contributed by atoms with Crippen molar-refractivity contribution in [3.8, 4) is 23.1 Å². The van der Waals surface area contributed by atoms with E-state index in [0.717, 1.165) is 17.7 Å². The lowest BCUT2D eigenvalue weighted by molar-refractivity contribution is -0.385. The van der Waals surface area contributed by atoms with Crippen LogP contribution in [0.4, 0.5) is 5.69 Å². The van der Waals surface area contributed by atoms with E-state index in [-0.39, 0.29) is 27.9 Å². The summed E-state index contributed by atoms with van der Waals surface area (Å²) >= 11 is 6.16. The van der Waals surface area contributed by atoms with Crippen LogP contribution >= 0.6 is 11.6 Å². The summed E-state index contributed by atoms with van der Waals surface area (Å²) in [6.45, 7) is 1.10. The highest BCUT2D eigenvalue weighted by Crippen LogP contribution is 2.36. The van der Waals surface area contributed by atoms with Crippen molar-refractivity contribution in [1.29, 1.82) is 0 Å². The van der Waals surface area contributed by atoms with Gasteiger partial charge in [0.15, 0.2) is 5.76 Å². The summed E-state index contributed by atoms with van der Waals surface area (Å²) < 4.78 is 17.3. The maximum absolute atomic E-state index is 13.5. The monoisotopic (exact) mass is 532 g/mol. The zero-order chi connectivity index (χ0) is 27.0. The number of nitro groups is 1. The van der Waals surface area contributed by atoms with Crippen LogP contribution in [0.5, 0.6) is 11.5 Å². The van der Waals surface area contributed by atoms with E-state index < -0.39 is 22.1 Å². The van der Waals surface area contributed by atoms with Gasteiger partial charge in [-0.1, -0.05) is 29.8 Å². The molecule has 0 fully saturated rings. The number of methoxy groups -OCH3 is 1. The van der Waals surface area contributed by atoms with Crippen LogP contribution in [0.15, 0.2) is 75.0 Å². The third-order valence-corrected chi connectivity index (χ3v) is 5.81. The zero-order valence-corrected chi connectivity index (χ0v) is 20.6. The van der Waals surface area contributed by atoms with Gasteiger partial charge in [0.2, 0.25) is 11.6 Å². The molecule has 2 aromatic heterocycles. The van der Waals surface area contributed by atoms with Crippen LogP contribution in [-0.2, 0) is 4.79 Å². The number of nitro benzene ring substituents is 1. The molecule has 0 aliphatic heterocycles. The summed E-state index contributed by atoms with van der Waals surface area (Å²) in [5.41, 5.74) is 0.0839. The van der Waals surface area contributed by atoms with Crippen LogP contribution in [0.1, 0.15) is 12.5 Å². The molecule has 38 heavy (non-hydrogen) atoms. The van der Waals surface area contributed by atoms with Gasteiger partial charge in [0.05, 0.1) is 39.6 Å². The van der Waals surface area contributed by atoms with Crippen LogP contribution in [0.25, 0.3) is 33.5 Å². The largest absolute Gasteiger partial charge is 0.496 e. The van der Waals surface area contributed by atoms with Crippen LogP contribution < -0.4 is 15.0 Å². The Balaban J connectivity index is 1.69. The maximum Gasteiger partial charge on any atom is 0.313 e. The van der Waals surface area contributed by atoms with Crippen molar-refractivity contribution in [2.24, 2.45) is 5.10 Å². The molecule has 0 saturated heterocycles. The fourth-order valence-electron chi connectivity index (χ4n) is 3.89. The molecule has 0 bridgehead atoms. The van der Waals surface area contributed by atoms with Gasteiger partial charge in [0.1, 0.15) is 11.3 Å². The Hall–Kier alpha value is -5.03. The van der Waals surface area contributed by atoms with E-state index in [1.807, 2.05) is 0 Å². The molecule has 5 rings (SSSR count). The van der Waals surface area contributed by atoms with Crippen molar-refractivity contribution >= 4 is 51.3 Å². The summed E-state index contributed by atoms with van der Waals surface area (Å²) in [7, 11) is 1.53. The van der Waals surface area contributed by atoms with Crippen molar-refractivity contribution in [2.45, 2.75) is 6.92 Å².